The van der Waals surface area contributed by atoms with Crippen LogP contribution in [-0.4, -0.2) is 0 Å². The van der Waals surface area contributed by atoms with E-state index >= 15 is 0 Å². The van der Waals surface area contributed by atoms with E-state index in [-0.39, 0.29) is 17.1 Å². The second-order valence-electron chi connectivity index (χ2n) is 1.93. The molecule has 0 saturated carbocycles. The fraction of sp³-hybridized carbons (Fsp3) is 0.182. The monoisotopic (exact) mass is 246 g/mol. The van der Waals surface area contributed by atoms with E-state index in [2.05, 4.69) is 44.8 Å². The summed E-state index contributed by atoms with van der Waals surface area (Å²) in [5.41, 5.74) is 1.45. The molecule has 0 aliphatic heterocycles. The van der Waals surface area contributed by atoms with Gasteiger partial charge in [0.25, 0.3) is 0 Å². The summed E-state index contributed by atoms with van der Waals surface area (Å²) in [5.74, 6) is 0. The fourth-order valence-corrected chi connectivity index (χ4v) is 0.668. The molecule has 1 aliphatic carbocycles. The zero-order chi connectivity index (χ0) is 11.8. The normalized spacial score (nSPS) is 8.27. The van der Waals surface area contributed by atoms with Crippen molar-refractivity contribution in [2.24, 2.45) is 0 Å². The van der Waals surface area contributed by atoms with E-state index in [1.165, 1.54) is 12.0 Å². The van der Waals surface area contributed by atoms with Crippen LogP contribution >= 0.6 is 0 Å². The maximum Gasteiger partial charge on any atom is 0 e. The van der Waals surface area contributed by atoms with Gasteiger partial charge in [-0.1, -0.05) is 24.3 Å². The van der Waals surface area contributed by atoms with Gasteiger partial charge in [-0.05, 0) is 18.4 Å². The molecule has 0 N–H and O–H groups in total. The topological polar surface area (TPSA) is 59.7 Å². The third kappa shape index (κ3) is 19.4. The summed E-state index contributed by atoms with van der Waals surface area (Å²) < 4.78 is 22.5. The SMILES string of the molecule is C=CCCC1=CC=C1.[C-]#[O+].[C-]#[O+].[C-]#[O+].[Fe]. The molecule has 0 aromatic rings. The molecule has 0 unspecified atom stereocenters. The summed E-state index contributed by atoms with van der Waals surface area (Å²) >= 11 is 0. The minimum absolute atomic E-state index is 0. The molecule has 0 radical (unpaired) electrons. The van der Waals surface area contributed by atoms with Crippen LogP contribution in [0.5, 0.6) is 0 Å². The van der Waals surface area contributed by atoms with Gasteiger partial charge in [-0.3, -0.25) is 0 Å². The maximum atomic E-state index is 7.50. The molecule has 0 saturated heterocycles. The number of allylic oxidation sites excluding steroid dienone is 5. The van der Waals surface area contributed by atoms with E-state index in [4.69, 9.17) is 14.0 Å². The Morgan fingerprint density at radius 3 is 1.73 bits per heavy atom. The molecule has 0 spiro atoms. The smallest absolute Gasteiger partial charge is 0 e. The largest absolute Gasteiger partial charge is 0 e. The van der Waals surface area contributed by atoms with E-state index in [0.717, 1.165) is 6.42 Å². The Hall–Kier alpha value is -1.04. The summed E-state index contributed by atoms with van der Waals surface area (Å²) in [4.78, 5) is 0. The molecule has 0 amide bonds. The second-order valence-corrected chi connectivity index (χ2v) is 1.93. The van der Waals surface area contributed by atoms with Crippen molar-refractivity contribution in [3.05, 3.63) is 56.4 Å². The van der Waals surface area contributed by atoms with Crippen molar-refractivity contribution in [3.8, 4) is 0 Å². The second kappa shape index (κ2) is 29.3. The van der Waals surface area contributed by atoms with Crippen LogP contribution < -0.4 is 0 Å². The van der Waals surface area contributed by atoms with Crippen molar-refractivity contribution in [2.75, 3.05) is 0 Å². The van der Waals surface area contributed by atoms with Gasteiger partial charge in [-0.2, -0.15) is 0 Å². The predicted molar refractivity (Wildman–Crippen MR) is 48.4 cm³/mol. The molecular formula is C11H10FeO3. The Kier molecular flexibility index (Phi) is 46.1. The molecule has 15 heavy (non-hydrogen) atoms. The average molecular weight is 246 g/mol. The van der Waals surface area contributed by atoms with Gasteiger partial charge in [0.15, 0.2) is 0 Å². The van der Waals surface area contributed by atoms with E-state index in [1.807, 2.05) is 6.08 Å². The molecule has 0 heterocycles. The molecule has 0 bridgehead atoms. The first-order valence-corrected chi connectivity index (χ1v) is 3.53. The van der Waals surface area contributed by atoms with Crippen molar-refractivity contribution in [2.45, 2.75) is 12.8 Å². The predicted octanol–water partition coefficient (Wildman–Crippen LogP) is 2.33. The number of hydrogen-bond donors (Lipinski definition) is 0. The van der Waals surface area contributed by atoms with Gasteiger partial charge in [0, 0.05) is 17.1 Å². The Morgan fingerprint density at radius 2 is 1.53 bits per heavy atom. The van der Waals surface area contributed by atoms with Gasteiger partial charge in [0.2, 0.25) is 0 Å². The first-order chi connectivity index (χ1) is 6.93. The van der Waals surface area contributed by atoms with Gasteiger partial charge in [0.05, 0.1) is 0 Å². The van der Waals surface area contributed by atoms with Crippen LogP contribution in [0.1, 0.15) is 12.8 Å². The molecule has 1 aliphatic rings. The quantitative estimate of drug-likeness (QED) is 0.317. The molecule has 3 nitrogen and oxygen atoms in total. The molecular weight excluding hydrogens is 236 g/mol. The zero-order valence-electron chi connectivity index (χ0n) is 8.01. The van der Waals surface area contributed by atoms with Gasteiger partial charge in [0.1, 0.15) is 0 Å². The molecule has 0 aromatic carbocycles. The fourth-order valence-electron chi connectivity index (χ4n) is 0.668. The van der Waals surface area contributed by atoms with Crippen molar-refractivity contribution < 1.29 is 31.0 Å². The first-order valence-electron chi connectivity index (χ1n) is 3.53. The van der Waals surface area contributed by atoms with Crippen LogP contribution in [-0.2, 0) is 31.0 Å². The third-order valence-corrected chi connectivity index (χ3v) is 1.26. The van der Waals surface area contributed by atoms with Crippen LogP contribution in [0.25, 0.3) is 0 Å². The van der Waals surface area contributed by atoms with Gasteiger partial charge in [-0.25, -0.2) is 0 Å². The molecule has 0 atom stereocenters. The summed E-state index contributed by atoms with van der Waals surface area (Å²) in [6.45, 7) is 17.1. The zero-order valence-corrected chi connectivity index (χ0v) is 9.11. The van der Waals surface area contributed by atoms with Crippen molar-refractivity contribution in [3.63, 3.8) is 0 Å². The van der Waals surface area contributed by atoms with Crippen LogP contribution in [0.3, 0.4) is 0 Å². The Bertz CT molecular complexity index is 232. The van der Waals surface area contributed by atoms with Crippen molar-refractivity contribution in [1.29, 1.82) is 0 Å². The number of hydrogen-bond acceptors (Lipinski definition) is 0. The molecule has 4 heteroatoms. The number of rotatable bonds is 3. The Balaban J connectivity index is -0.0000000755. The minimum Gasteiger partial charge on any atom is 0 e. The average Bonchev–Trinajstić information content (AvgIpc) is 2.25. The van der Waals surface area contributed by atoms with Crippen LogP contribution in [0.15, 0.2) is 36.5 Å². The van der Waals surface area contributed by atoms with Crippen LogP contribution in [0, 0.1) is 20.0 Å². The van der Waals surface area contributed by atoms with E-state index < -0.39 is 0 Å². The van der Waals surface area contributed by atoms with Gasteiger partial charge in [-0.15, -0.1) is 6.58 Å². The van der Waals surface area contributed by atoms with Crippen molar-refractivity contribution in [1.82, 2.24) is 0 Å². The summed E-state index contributed by atoms with van der Waals surface area (Å²) in [6.07, 6.45) is 10.6. The molecule has 80 valence electrons. The standard InChI is InChI=1S/C8H10.3CO.Fe/c1-2-3-5-8-6-4-7-8;3*1-2;/h2,4,6-7H,1,3,5H2;;;;. The van der Waals surface area contributed by atoms with Crippen LogP contribution in [0.2, 0.25) is 0 Å². The van der Waals surface area contributed by atoms with E-state index in [9.17, 15) is 0 Å². The summed E-state index contributed by atoms with van der Waals surface area (Å²) in [7, 11) is 0. The molecule has 0 fully saturated rings. The maximum absolute atomic E-state index is 7.50. The van der Waals surface area contributed by atoms with Gasteiger partial charge >= 0.3 is 33.9 Å². The molecule has 0 aromatic heterocycles. The van der Waals surface area contributed by atoms with Crippen LogP contribution in [0.4, 0.5) is 0 Å². The summed E-state index contributed by atoms with van der Waals surface area (Å²) in [6, 6.07) is 0. The first kappa shape index (κ1) is 23.6. The third-order valence-electron chi connectivity index (χ3n) is 1.26. The molecule has 1 rings (SSSR count). The Labute approximate surface area is 101 Å². The minimum atomic E-state index is 0. The van der Waals surface area contributed by atoms with E-state index in [0.29, 0.717) is 0 Å². The van der Waals surface area contributed by atoms with Crippen molar-refractivity contribution >= 4 is 0 Å². The van der Waals surface area contributed by atoms with Gasteiger partial charge < -0.3 is 0 Å². The summed E-state index contributed by atoms with van der Waals surface area (Å²) in [5, 5.41) is 0. The van der Waals surface area contributed by atoms with E-state index in [1.54, 1.807) is 0 Å². The Morgan fingerprint density at radius 1 is 1.13 bits per heavy atom.